The van der Waals surface area contributed by atoms with Gasteiger partial charge in [-0.15, -0.1) is 0 Å². The van der Waals surface area contributed by atoms with Crippen molar-refractivity contribution in [3.8, 4) is 23.0 Å². The minimum Gasteiger partial charge on any atom is -0.497 e. The second-order valence-corrected chi connectivity index (χ2v) is 4.92. The fraction of sp³-hybridized carbons (Fsp3) is 0.294. The van der Waals surface area contributed by atoms with Gasteiger partial charge in [0.1, 0.15) is 17.2 Å². The number of aromatic nitrogens is 2. The van der Waals surface area contributed by atoms with Crippen molar-refractivity contribution in [2.45, 2.75) is 0 Å². The van der Waals surface area contributed by atoms with Gasteiger partial charge in [0.25, 0.3) is 0 Å². The number of fused-ring (bicyclic) bond motifs is 1. The van der Waals surface area contributed by atoms with Crippen molar-refractivity contribution in [3.63, 3.8) is 0 Å². The van der Waals surface area contributed by atoms with Gasteiger partial charge in [0.05, 0.1) is 32.0 Å². The lowest BCUT2D eigenvalue weighted by molar-refractivity contribution is -0.00780. The van der Waals surface area contributed by atoms with Gasteiger partial charge >= 0.3 is 0 Å². The van der Waals surface area contributed by atoms with E-state index in [1.165, 1.54) is 6.39 Å². The molecule has 0 spiro atoms. The minimum absolute atomic E-state index is 0.115. The van der Waals surface area contributed by atoms with Gasteiger partial charge < -0.3 is 23.4 Å². The first-order chi connectivity index (χ1) is 11.8. The maximum atomic E-state index is 5.76. The number of hydrogen-bond acceptors (Lipinski definition) is 7. The quantitative estimate of drug-likeness (QED) is 0.464. The standard InChI is InChI=1S/C17H18N2O5/c1-20-5-6-22-11-24-16-8-15(17-9-18-10-23-17)19-14-7-12(21-2)3-4-13(14)16/h3-4,7-10H,5-6,11H2,1-2H3. The number of ether oxygens (including phenoxy) is 4. The molecular formula is C17H18N2O5. The summed E-state index contributed by atoms with van der Waals surface area (Å²) in [5.74, 6) is 1.92. The first kappa shape index (κ1) is 16.2. The zero-order valence-electron chi connectivity index (χ0n) is 13.5. The van der Waals surface area contributed by atoms with E-state index in [0.717, 1.165) is 10.9 Å². The Morgan fingerprint density at radius 3 is 2.79 bits per heavy atom. The summed E-state index contributed by atoms with van der Waals surface area (Å²) < 4.78 is 26.7. The van der Waals surface area contributed by atoms with E-state index in [4.69, 9.17) is 23.4 Å². The Hall–Kier alpha value is -2.64. The maximum absolute atomic E-state index is 5.76. The molecule has 2 aromatic heterocycles. The van der Waals surface area contributed by atoms with E-state index in [2.05, 4.69) is 9.97 Å². The van der Waals surface area contributed by atoms with E-state index >= 15 is 0 Å². The van der Waals surface area contributed by atoms with Crippen molar-refractivity contribution >= 4 is 10.9 Å². The number of methoxy groups -OCH3 is 2. The molecule has 0 saturated carbocycles. The number of nitrogens with zero attached hydrogens (tertiary/aromatic N) is 2. The summed E-state index contributed by atoms with van der Waals surface area (Å²) >= 11 is 0. The summed E-state index contributed by atoms with van der Waals surface area (Å²) in [5.41, 5.74) is 1.36. The van der Waals surface area contributed by atoms with Crippen LogP contribution in [0.4, 0.5) is 0 Å². The predicted octanol–water partition coefficient (Wildman–Crippen LogP) is 2.90. The molecule has 0 N–H and O–H groups in total. The van der Waals surface area contributed by atoms with Crippen LogP contribution in [0.5, 0.6) is 11.5 Å². The average molecular weight is 330 g/mol. The number of pyridine rings is 1. The van der Waals surface area contributed by atoms with Gasteiger partial charge in [-0.3, -0.25) is 0 Å². The van der Waals surface area contributed by atoms with Crippen molar-refractivity contribution in [2.75, 3.05) is 34.2 Å². The highest BCUT2D eigenvalue weighted by Gasteiger charge is 2.12. The molecule has 0 aliphatic carbocycles. The fourth-order valence-electron chi connectivity index (χ4n) is 2.20. The van der Waals surface area contributed by atoms with Crippen LogP contribution in [0.2, 0.25) is 0 Å². The maximum Gasteiger partial charge on any atom is 0.189 e. The molecule has 3 rings (SSSR count). The van der Waals surface area contributed by atoms with Crippen molar-refractivity contribution in [1.82, 2.24) is 9.97 Å². The van der Waals surface area contributed by atoms with Crippen LogP contribution in [0.15, 0.2) is 41.3 Å². The van der Waals surface area contributed by atoms with Crippen molar-refractivity contribution in [2.24, 2.45) is 0 Å². The lowest BCUT2D eigenvalue weighted by Gasteiger charge is -2.11. The largest absolute Gasteiger partial charge is 0.497 e. The molecule has 7 nitrogen and oxygen atoms in total. The molecule has 126 valence electrons. The molecule has 7 heteroatoms. The third-order valence-corrected chi connectivity index (χ3v) is 3.39. The van der Waals surface area contributed by atoms with Crippen molar-refractivity contribution in [1.29, 1.82) is 0 Å². The minimum atomic E-state index is 0.115. The van der Waals surface area contributed by atoms with E-state index in [-0.39, 0.29) is 6.79 Å². The van der Waals surface area contributed by atoms with Crippen LogP contribution in [0, 0.1) is 0 Å². The van der Waals surface area contributed by atoms with Crippen molar-refractivity contribution < 1.29 is 23.4 Å². The van der Waals surface area contributed by atoms with Crippen LogP contribution in [0.25, 0.3) is 22.4 Å². The summed E-state index contributed by atoms with van der Waals surface area (Å²) in [4.78, 5) is 8.52. The Morgan fingerprint density at radius 2 is 2.04 bits per heavy atom. The molecule has 0 aliphatic heterocycles. The number of benzene rings is 1. The molecule has 24 heavy (non-hydrogen) atoms. The monoisotopic (exact) mass is 330 g/mol. The van der Waals surface area contributed by atoms with E-state index in [9.17, 15) is 0 Å². The first-order valence-electron chi connectivity index (χ1n) is 7.39. The number of rotatable bonds is 8. The van der Waals surface area contributed by atoms with E-state index in [1.807, 2.05) is 18.2 Å². The summed E-state index contributed by atoms with van der Waals surface area (Å²) in [6.45, 7) is 1.09. The molecule has 1 aromatic carbocycles. The molecule has 0 radical (unpaired) electrons. The smallest absolute Gasteiger partial charge is 0.189 e. The molecule has 3 aromatic rings. The molecule has 0 bridgehead atoms. The SMILES string of the molecule is COCCOCOc1cc(-c2cnco2)nc2cc(OC)ccc12. The topological polar surface area (TPSA) is 75.8 Å². The van der Waals surface area contributed by atoms with Crippen molar-refractivity contribution in [3.05, 3.63) is 36.9 Å². The Balaban J connectivity index is 1.92. The molecule has 0 atom stereocenters. The van der Waals surface area contributed by atoms with Crippen LogP contribution in [-0.2, 0) is 9.47 Å². The number of oxazole rings is 1. The Kier molecular flexibility index (Phi) is 5.25. The Morgan fingerprint density at radius 1 is 1.12 bits per heavy atom. The highest BCUT2D eigenvalue weighted by molar-refractivity contribution is 5.88. The summed E-state index contributed by atoms with van der Waals surface area (Å²) in [7, 11) is 3.24. The molecule has 0 fully saturated rings. The number of hydrogen-bond donors (Lipinski definition) is 0. The highest BCUT2D eigenvalue weighted by atomic mass is 16.7. The molecule has 0 unspecified atom stereocenters. The summed E-state index contributed by atoms with van der Waals surface area (Å²) in [6.07, 6.45) is 2.97. The van der Waals surface area contributed by atoms with Gasteiger partial charge in [-0.2, -0.15) is 0 Å². The van der Waals surface area contributed by atoms with Gasteiger partial charge in [0.15, 0.2) is 18.9 Å². The van der Waals surface area contributed by atoms with Gasteiger partial charge in [-0.25, -0.2) is 9.97 Å². The zero-order valence-corrected chi connectivity index (χ0v) is 13.5. The highest BCUT2D eigenvalue weighted by Crippen LogP contribution is 2.32. The Labute approximate surface area is 139 Å². The summed E-state index contributed by atoms with van der Waals surface area (Å²) in [6, 6.07) is 7.40. The normalized spacial score (nSPS) is 10.9. The predicted molar refractivity (Wildman–Crippen MR) is 87.1 cm³/mol. The zero-order chi connectivity index (χ0) is 16.8. The molecule has 0 amide bonds. The summed E-state index contributed by atoms with van der Waals surface area (Å²) in [5, 5.41) is 0.856. The second kappa shape index (κ2) is 7.76. The van der Waals surface area contributed by atoms with E-state index in [1.54, 1.807) is 26.5 Å². The third-order valence-electron chi connectivity index (χ3n) is 3.39. The van der Waals surface area contributed by atoms with Gasteiger partial charge in [0.2, 0.25) is 0 Å². The lowest BCUT2D eigenvalue weighted by atomic mass is 10.1. The molecule has 0 saturated heterocycles. The van der Waals surface area contributed by atoms with Crippen LogP contribution >= 0.6 is 0 Å². The van der Waals surface area contributed by atoms with Gasteiger partial charge in [-0.1, -0.05) is 0 Å². The van der Waals surface area contributed by atoms with Gasteiger partial charge in [-0.05, 0) is 12.1 Å². The average Bonchev–Trinajstić information content (AvgIpc) is 3.15. The van der Waals surface area contributed by atoms with Crippen LogP contribution in [0.1, 0.15) is 0 Å². The Bertz CT molecular complexity index is 789. The van der Waals surface area contributed by atoms with Gasteiger partial charge in [0, 0.05) is 24.6 Å². The molecular weight excluding hydrogens is 312 g/mol. The van der Waals surface area contributed by atoms with Crippen LogP contribution in [-0.4, -0.2) is 44.2 Å². The van der Waals surface area contributed by atoms with Crippen LogP contribution < -0.4 is 9.47 Å². The van der Waals surface area contributed by atoms with E-state index in [0.29, 0.717) is 36.2 Å². The second-order valence-electron chi connectivity index (χ2n) is 4.92. The molecule has 2 heterocycles. The van der Waals surface area contributed by atoms with Crippen LogP contribution in [0.3, 0.4) is 0 Å². The molecule has 0 aliphatic rings. The first-order valence-corrected chi connectivity index (χ1v) is 7.39. The lowest BCUT2D eigenvalue weighted by Crippen LogP contribution is -2.08. The third kappa shape index (κ3) is 3.64. The fourth-order valence-corrected chi connectivity index (χ4v) is 2.20. The van der Waals surface area contributed by atoms with E-state index < -0.39 is 0 Å².